The van der Waals surface area contributed by atoms with Crippen LogP contribution in [0.25, 0.3) is 11.1 Å². The first-order valence-corrected chi connectivity index (χ1v) is 11.6. The Bertz CT molecular complexity index is 1200. The molecule has 0 unspecified atom stereocenters. The van der Waals surface area contributed by atoms with Gasteiger partial charge in [-0.1, -0.05) is 42.5 Å². The van der Waals surface area contributed by atoms with E-state index in [1.807, 2.05) is 36.6 Å². The summed E-state index contributed by atoms with van der Waals surface area (Å²) in [6.07, 6.45) is 0. The van der Waals surface area contributed by atoms with E-state index in [0.717, 1.165) is 11.1 Å². The van der Waals surface area contributed by atoms with Crippen LogP contribution in [0.4, 0.5) is 0 Å². The fraction of sp³-hybridized carbons (Fsp3) is 0.231. The molecular formula is C26H24N2O4S. The maximum Gasteiger partial charge on any atom is 0.295 e. The van der Waals surface area contributed by atoms with E-state index in [-0.39, 0.29) is 17.7 Å². The van der Waals surface area contributed by atoms with Crippen molar-refractivity contribution >= 4 is 34.7 Å². The molecule has 0 spiro atoms. The highest BCUT2D eigenvalue weighted by atomic mass is 32.1. The molecule has 0 bridgehead atoms. The van der Waals surface area contributed by atoms with Crippen LogP contribution in [-0.2, 0) is 4.79 Å². The molecule has 33 heavy (non-hydrogen) atoms. The lowest BCUT2D eigenvalue weighted by atomic mass is 10.0. The van der Waals surface area contributed by atoms with Gasteiger partial charge in [0.1, 0.15) is 0 Å². The molecule has 7 heteroatoms. The van der Waals surface area contributed by atoms with Crippen molar-refractivity contribution in [2.75, 3.05) is 19.6 Å². The number of piperazine rings is 1. The third-order valence-corrected chi connectivity index (χ3v) is 6.85. The average molecular weight is 461 g/mol. The highest BCUT2D eigenvalue weighted by molar-refractivity contribution is 7.12. The van der Waals surface area contributed by atoms with Gasteiger partial charge < -0.3 is 9.80 Å². The Kier molecular flexibility index (Phi) is 6.51. The summed E-state index contributed by atoms with van der Waals surface area (Å²) in [7, 11) is 0. The highest BCUT2D eigenvalue weighted by Gasteiger charge is 2.33. The van der Waals surface area contributed by atoms with E-state index in [1.165, 1.54) is 18.3 Å². The van der Waals surface area contributed by atoms with E-state index >= 15 is 0 Å². The molecule has 6 nitrogen and oxygen atoms in total. The first-order chi connectivity index (χ1) is 15.8. The van der Waals surface area contributed by atoms with Gasteiger partial charge in [-0.3, -0.25) is 19.2 Å². The first-order valence-electron chi connectivity index (χ1n) is 10.7. The van der Waals surface area contributed by atoms with E-state index in [4.69, 9.17) is 0 Å². The van der Waals surface area contributed by atoms with Crippen LogP contribution in [0, 0.1) is 0 Å². The van der Waals surface area contributed by atoms with Crippen LogP contribution in [0.3, 0.4) is 0 Å². The number of Topliss-reactive ketones (excluding diaryl/α,β-unsaturated/α-hetero) is 2. The molecule has 2 heterocycles. The smallest absolute Gasteiger partial charge is 0.295 e. The predicted molar refractivity (Wildman–Crippen MR) is 128 cm³/mol. The Morgan fingerprint density at radius 1 is 0.879 bits per heavy atom. The summed E-state index contributed by atoms with van der Waals surface area (Å²) in [5.74, 6) is -1.18. The number of benzene rings is 2. The third kappa shape index (κ3) is 4.78. The first kappa shape index (κ1) is 22.6. The lowest BCUT2D eigenvalue weighted by Gasteiger charge is -2.39. The van der Waals surface area contributed by atoms with Crippen molar-refractivity contribution in [3.8, 4) is 11.1 Å². The van der Waals surface area contributed by atoms with Crippen LogP contribution in [0.2, 0.25) is 0 Å². The van der Waals surface area contributed by atoms with Gasteiger partial charge in [0, 0.05) is 36.8 Å². The normalized spacial score (nSPS) is 15.9. The quantitative estimate of drug-likeness (QED) is 0.423. The molecule has 1 aromatic heterocycles. The van der Waals surface area contributed by atoms with Crippen LogP contribution in [-0.4, -0.2) is 58.9 Å². The van der Waals surface area contributed by atoms with E-state index in [0.29, 0.717) is 35.6 Å². The van der Waals surface area contributed by atoms with Crippen LogP contribution in [0.15, 0.2) is 66.0 Å². The van der Waals surface area contributed by atoms with Crippen LogP contribution >= 0.6 is 11.3 Å². The molecule has 1 atom stereocenters. The summed E-state index contributed by atoms with van der Waals surface area (Å²) in [6.45, 7) is 4.45. The van der Waals surface area contributed by atoms with Gasteiger partial charge >= 0.3 is 0 Å². The minimum atomic E-state index is -0.564. The number of rotatable bonds is 5. The van der Waals surface area contributed by atoms with Gasteiger partial charge in [-0.25, -0.2) is 0 Å². The molecule has 1 aliphatic heterocycles. The second-order valence-electron chi connectivity index (χ2n) is 8.13. The maximum absolute atomic E-state index is 12.9. The fourth-order valence-corrected chi connectivity index (χ4v) is 4.77. The van der Waals surface area contributed by atoms with Gasteiger partial charge in [0.2, 0.25) is 5.78 Å². The molecule has 2 amide bonds. The molecule has 0 saturated carbocycles. The number of nitrogens with zero attached hydrogens (tertiary/aromatic N) is 2. The van der Waals surface area contributed by atoms with Crippen molar-refractivity contribution in [1.82, 2.24) is 9.80 Å². The molecule has 1 aliphatic rings. The van der Waals surface area contributed by atoms with Gasteiger partial charge in [-0.2, -0.15) is 0 Å². The van der Waals surface area contributed by atoms with Gasteiger partial charge in [-0.15, -0.1) is 11.3 Å². The highest BCUT2D eigenvalue weighted by Crippen LogP contribution is 2.26. The summed E-state index contributed by atoms with van der Waals surface area (Å²) in [4.78, 5) is 53.9. The number of amides is 2. The van der Waals surface area contributed by atoms with Gasteiger partial charge in [-0.05, 0) is 48.6 Å². The number of carbonyl (C=O) groups is 4. The lowest BCUT2D eigenvalue weighted by Crippen LogP contribution is -2.56. The number of ketones is 2. The average Bonchev–Trinajstić information content (AvgIpc) is 3.34. The maximum atomic E-state index is 12.9. The summed E-state index contributed by atoms with van der Waals surface area (Å²) in [5, 5.41) is 1.90. The number of hydrogen-bond acceptors (Lipinski definition) is 5. The van der Waals surface area contributed by atoms with E-state index in [1.54, 1.807) is 46.2 Å². The monoisotopic (exact) mass is 460 g/mol. The number of thiophene rings is 1. The van der Waals surface area contributed by atoms with Gasteiger partial charge in [0.05, 0.1) is 4.88 Å². The third-order valence-electron chi connectivity index (χ3n) is 5.82. The molecule has 1 saturated heterocycles. The molecule has 2 aromatic carbocycles. The molecule has 1 fully saturated rings. The van der Waals surface area contributed by atoms with Gasteiger partial charge in [0.15, 0.2) is 5.78 Å². The van der Waals surface area contributed by atoms with E-state index in [9.17, 15) is 19.2 Å². The minimum Gasteiger partial charge on any atom is -0.335 e. The summed E-state index contributed by atoms with van der Waals surface area (Å²) in [5.41, 5.74) is 2.72. The van der Waals surface area contributed by atoms with E-state index < -0.39 is 11.7 Å². The fourth-order valence-electron chi connectivity index (χ4n) is 3.95. The number of hydrogen-bond donors (Lipinski definition) is 0. The molecule has 0 radical (unpaired) electrons. The largest absolute Gasteiger partial charge is 0.335 e. The lowest BCUT2D eigenvalue weighted by molar-refractivity contribution is -0.130. The Morgan fingerprint density at radius 3 is 2.18 bits per heavy atom. The standard InChI is InChI=1S/C26H24N2O4S/c1-17-15-27(25(31)21-6-4-3-5-7-21)12-13-28(17)26(32)24(30)20-10-8-19(9-11-20)22-14-23(18(2)29)33-16-22/h3-11,14,16-17H,12-13,15H2,1-2H3/t17-/m1/s1. The van der Waals surface area contributed by atoms with Crippen molar-refractivity contribution in [2.45, 2.75) is 19.9 Å². The summed E-state index contributed by atoms with van der Waals surface area (Å²) in [6, 6.07) is 17.5. The zero-order valence-electron chi connectivity index (χ0n) is 18.5. The SMILES string of the molecule is CC(=O)c1cc(-c2ccc(C(=O)C(=O)N3CCN(C(=O)c4ccccc4)C[C@H]3C)cc2)cs1. The summed E-state index contributed by atoms with van der Waals surface area (Å²) < 4.78 is 0. The van der Waals surface area contributed by atoms with Crippen molar-refractivity contribution in [2.24, 2.45) is 0 Å². The minimum absolute atomic E-state index is 0.0170. The Balaban J connectivity index is 1.41. The van der Waals surface area contributed by atoms with Crippen molar-refractivity contribution in [3.05, 3.63) is 82.0 Å². The molecule has 4 rings (SSSR count). The van der Waals surface area contributed by atoms with Crippen molar-refractivity contribution < 1.29 is 19.2 Å². The van der Waals surface area contributed by atoms with E-state index in [2.05, 4.69) is 0 Å². The number of carbonyl (C=O) groups excluding carboxylic acids is 4. The van der Waals surface area contributed by atoms with Crippen LogP contribution in [0.5, 0.6) is 0 Å². The Morgan fingerprint density at radius 2 is 1.58 bits per heavy atom. The molecule has 3 aromatic rings. The molecular weight excluding hydrogens is 436 g/mol. The van der Waals surface area contributed by atoms with Crippen molar-refractivity contribution in [3.63, 3.8) is 0 Å². The van der Waals surface area contributed by atoms with Crippen LogP contribution < -0.4 is 0 Å². The second-order valence-corrected chi connectivity index (χ2v) is 9.04. The van der Waals surface area contributed by atoms with Crippen LogP contribution in [0.1, 0.15) is 44.2 Å². The molecule has 168 valence electrons. The second kappa shape index (κ2) is 9.50. The Hall–Kier alpha value is -3.58. The van der Waals surface area contributed by atoms with Crippen molar-refractivity contribution in [1.29, 1.82) is 0 Å². The zero-order valence-corrected chi connectivity index (χ0v) is 19.3. The molecule has 0 N–H and O–H groups in total. The predicted octanol–water partition coefficient (Wildman–Crippen LogP) is 4.17. The van der Waals surface area contributed by atoms with Gasteiger partial charge in [0.25, 0.3) is 11.8 Å². The Labute approximate surface area is 196 Å². The topological polar surface area (TPSA) is 74.8 Å². The molecule has 0 aliphatic carbocycles. The zero-order chi connectivity index (χ0) is 23.5. The summed E-state index contributed by atoms with van der Waals surface area (Å²) >= 11 is 1.38.